The van der Waals surface area contributed by atoms with Crippen LogP contribution in [0.5, 0.6) is 5.75 Å². The van der Waals surface area contributed by atoms with Crippen molar-refractivity contribution in [3.63, 3.8) is 0 Å². The maximum atomic E-state index is 13.6. The minimum Gasteiger partial charge on any atom is -0.507 e. The van der Waals surface area contributed by atoms with Crippen LogP contribution in [0.25, 0.3) is 11.3 Å². The monoisotopic (exact) mass is 419 g/mol. The summed E-state index contributed by atoms with van der Waals surface area (Å²) >= 11 is 0. The highest BCUT2D eigenvalue weighted by molar-refractivity contribution is 5.85. The lowest BCUT2D eigenvalue weighted by molar-refractivity contribution is -0.161. The predicted octanol–water partition coefficient (Wildman–Crippen LogP) is 2.28. The van der Waals surface area contributed by atoms with Crippen LogP contribution in [0.15, 0.2) is 36.5 Å². The van der Waals surface area contributed by atoms with Crippen molar-refractivity contribution in [3.8, 4) is 17.0 Å². The number of carbonyl (C=O) groups is 1. The van der Waals surface area contributed by atoms with Gasteiger partial charge in [0, 0.05) is 50.2 Å². The zero-order valence-electron chi connectivity index (χ0n) is 17.8. The molecule has 1 aromatic heterocycles. The Bertz CT molecular complexity index is 1000. The molecule has 1 aliphatic carbocycles. The number of carbonyl (C=O) groups excluding carboxylic acids is 1. The minimum atomic E-state index is -0.170. The molecule has 6 rings (SSSR count). The highest BCUT2D eigenvalue weighted by Crippen LogP contribution is 2.54. The number of hydrogen-bond acceptors (Lipinski definition) is 6. The van der Waals surface area contributed by atoms with E-state index in [1.807, 2.05) is 18.2 Å². The summed E-state index contributed by atoms with van der Waals surface area (Å²) in [6.07, 6.45) is 6.00. The number of aromatic hydroxyl groups is 1. The van der Waals surface area contributed by atoms with Gasteiger partial charge in [0.15, 0.2) is 0 Å². The molecule has 7 nitrogen and oxygen atoms in total. The number of hydrogen-bond donors (Lipinski definition) is 2. The van der Waals surface area contributed by atoms with E-state index in [0.29, 0.717) is 28.5 Å². The summed E-state index contributed by atoms with van der Waals surface area (Å²) in [4.78, 5) is 18.0. The average Bonchev–Trinajstić information content (AvgIpc) is 3.58. The van der Waals surface area contributed by atoms with Gasteiger partial charge in [-0.15, -0.1) is 0 Å². The van der Waals surface area contributed by atoms with Crippen molar-refractivity contribution in [2.24, 2.45) is 16.7 Å². The number of phenols is 1. The number of piperidine rings is 1. The molecule has 2 N–H and O–H groups in total. The molecule has 162 valence electrons. The number of rotatable bonds is 4. The molecule has 3 aliphatic heterocycles. The Balaban J connectivity index is 1.18. The van der Waals surface area contributed by atoms with Gasteiger partial charge in [0.05, 0.1) is 23.0 Å². The van der Waals surface area contributed by atoms with Gasteiger partial charge in [-0.2, -0.15) is 10.2 Å². The summed E-state index contributed by atoms with van der Waals surface area (Å²) in [6.45, 7) is 5.72. The van der Waals surface area contributed by atoms with E-state index in [1.165, 1.54) is 12.8 Å². The smallest absolute Gasteiger partial charge is 0.229 e. The fourth-order valence-electron chi connectivity index (χ4n) is 5.87. The first-order chi connectivity index (χ1) is 15.1. The number of benzene rings is 1. The number of phenolic OH excluding ortho intramolecular Hbond substituents is 1. The van der Waals surface area contributed by atoms with E-state index in [9.17, 15) is 9.90 Å². The lowest BCUT2D eigenvalue weighted by Gasteiger charge is -2.58. The zero-order chi connectivity index (χ0) is 21.1. The highest BCUT2D eigenvalue weighted by atomic mass is 16.3. The molecule has 31 heavy (non-hydrogen) atoms. The molecular weight excluding hydrogens is 390 g/mol. The second kappa shape index (κ2) is 6.92. The Hall–Kier alpha value is -2.67. The fraction of sp³-hybridized carbons (Fsp3) is 0.542. The van der Waals surface area contributed by atoms with Crippen LogP contribution in [-0.2, 0) is 4.79 Å². The molecule has 1 saturated carbocycles. The summed E-state index contributed by atoms with van der Waals surface area (Å²) in [5.74, 6) is 1.18. The third-order valence-electron chi connectivity index (χ3n) is 7.97. The van der Waals surface area contributed by atoms with Crippen molar-refractivity contribution in [1.29, 1.82) is 0 Å². The highest BCUT2D eigenvalue weighted by Gasteiger charge is 2.58. The number of para-hydroxylation sites is 1. The standard InChI is InChI=1S/C24H29N5O2/c30-21-4-2-1-3-19(21)20-11-18(12-26-27-20)28-9-7-24(8-10-28,17-5-6-17)22(31)29-15-23(16-29)13-25-14-23/h1-4,11-12,17,25,30H,5-10,13-16H2. The van der Waals surface area contributed by atoms with Gasteiger partial charge in [0.25, 0.3) is 0 Å². The van der Waals surface area contributed by atoms with Gasteiger partial charge in [-0.1, -0.05) is 12.1 Å². The van der Waals surface area contributed by atoms with Gasteiger partial charge < -0.3 is 20.2 Å². The quantitative estimate of drug-likeness (QED) is 0.791. The number of nitrogens with zero attached hydrogens (tertiary/aromatic N) is 4. The number of anilines is 1. The van der Waals surface area contributed by atoms with Crippen LogP contribution >= 0.6 is 0 Å². The molecule has 1 amide bonds. The minimum absolute atomic E-state index is 0.170. The molecule has 4 heterocycles. The molecular formula is C24H29N5O2. The summed E-state index contributed by atoms with van der Waals surface area (Å²) < 4.78 is 0. The van der Waals surface area contributed by atoms with Crippen molar-refractivity contribution >= 4 is 11.6 Å². The number of amides is 1. The molecule has 0 atom stereocenters. The van der Waals surface area contributed by atoms with Crippen molar-refractivity contribution < 1.29 is 9.90 Å². The number of aromatic nitrogens is 2. The fourth-order valence-corrected chi connectivity index (χ4v) is 5.87. The first-order valence-electron chi connectivity index (χ1n) is 11.4. The molecule has 3 saturated heterocycles. The van der Waals surface area contributed by atoms with Crippen molar-refractivity contribution in [1.82, 2.24) is 20.4 Å². The Labute approximate surface area is 182 Å². The van der Waals surface area contributed by atoms with E-state index < -0.39 is 0 Å². The van der Waals surface area contributed by atoms with E-state index in [2.05, 4.69) is 25.3 Å². The second-order valence-electron chi connectivity index (χ2n) is 10.00. The normalized spacial score (nSPS) is 23.9. The number of likely N-dealkylation sites (tertiary alicyclic amines) is 1. The van der Waals surface area contributed by atoms with Crippen LogP contribution < -0.4 is 10.2 Å². The van der Waals surface area contributed by atoms with Crippen molar-refractivity contribution in [2.75, 3.05) is 44.2 Å². The van der Waals surface area contributed by atoms with E-state index in [-0.39, 0.29) is 11.2 Å². The Morgan fingerprint density at radius 3 is 2.52 bits per heavy atom. The van der Waals surface area contributed by atoms with E-state index in [0.717, 1.165) is 57.8 Å². The summed E-state index contributed by atoms with van der Waals surface area (Å²) in [5.41, 5.74) is 2.58. The molecule has 1 aromatic carbocycles. The average molecular weight is 420 g/mol. The van der Waals surface area contributed by atoms with Crippen LogP contribution in [0.4, 0.5) is 5.69 Å². The second-order valence-corrected chi connectivity index (χ2v) is 10.00. The van der Waals surface area contributed by atoms with E-state index in [4.69, 9.17) is 0 Å². The Kier molecular flexibility index (Phi) is 4.25. The van der Waals surface area contributed by atoms with Crippen molar-refractivity contribution in [3.05, 3.63) is 36.5 Å². The lowest BCUT2D eigenvalue weighted by atomic mass is 9.69. The molecule has 0 unspecified atom stereocenters. The third kappa shape index (κ3) is 3.09. The Morgan fingerprint density at radius 2 is 1.87 bits per heavy atom. The molecule has 4 aliphatic rings. The summed E-state index contributed by atoms with van der Waals surface area (Å²) in [5, 5.41) is 22.0. The van der Waals surface area contributed by atoms with Crippen molar-refractivity contribution in [2.45, 2.75) is 25.7 Å². The number of nitrogens with one attached hydrogen (secondary N) is 1. The molecule has 2 aromatic rings. The van der Waals surface area contributed by atoms with Gasteiger partial charge in [-0.25, -0.2) is 0 Å². The maximum absolute atomic E-state index is 13.6. The maximum Gasteiger partial charge on any atom is 0.229 e. The Morgan fingerprint density at radius 1 is 1.13 bits per heavy atom. The third-order valence-corrected chi connectivity index (χ3v) is 7.97. The summed E-state index contributed by atoms with van der Waals surface area (Å²) in [6, 6.07) is 9.21. The molecule has 0 bridgehead atoms. The van der Waals surface area contributed by atoms with Crippen LogP contribution in [0.2, 0.25) is 0 Å². The zero-order valence-corrected chi connectivity index (χ0v) is 17.8. The van der Waals surface area contributed by atoms with Gasteiger partial charge in [-0.3, -0.25) is 4.79 Å². The molecule has 0 radical (unpaired) electrons. The molecule has 7 heteroatoms. The van der Waals surface area contributed by atoms with Gasteiger partial charge >= 0.3 is 0 Å². The SMILES string of the molecule is O=C(N1CC2(CNC2)C1)C1(C2CC2)CCN(c2cnnc(-c3ccccc3O)c2)CC1. The van der Waals surface area contributed by atoms with Gasteiger partial charge in [-0.05, 0) is 49.8 Å². The van der Waals surface area contributed by atoms with E-state index >= 15 is 0 Å². The predicted molar refractivity (Wildman–Crippen MR) is 118 cm³/mol. The summed E-state index contributed by atoms with van der Waals surface area (Å²) in [7, 11) is 0. The topological polar surface area (TPSA) is 81.6 Å². The van der Waals surface area contributed by atoms with Crippen LogP contribution in [-0.4, -0.2) is 65.4 Å². The molecule has 4 fully saturated rings. The van der Waals surface area contributed by atoms with Crippen LogP contribution in [0, 0.1) is 16.7 Å². The first kappa shape index (κ1) is 19.0. The van der Waals surface area contributed by atoms with Gasteiger partial charge in [0.2, 0.25) is 5.91 Å². The molecule has 1 spiro atoms. The van der Waals surface area contributed by atoms with Crippen LogP contribution in [0.1, 0.15) is 25.7 Å². The first-order valence-corrected chi connectivity index (χ1v) is 11.4. The van der Waals surface area contributed by atoms with E-state index in [1.54, 1.807) is 18.3 Å². The largest absolute Gasteiger partial charge is 0.507 e. The lowest BCUT2D eigenvalue weighted by Crippen LogP contribution is -2.73. The van der Waals surface area contributed by atoms with Crippen LogP contribution in [0.3, 0.4) is 0 Å². The van der Waals surface area contributed by atoms with Gasteiger partial charge in [0.1, 0.15) is 5.75 Å².